The van der Waals surface area contributed by atoms with Gasteiger partial charge >= 0.3 is 0 Å². The van der Waals surface area contributed by atoms with Gasteiger partial charge in [-0.3, -0.25) is 4.18 Å². The normalized spacial score (nSPS) is 33.0. The SMILES string of the molecule is C[C@@]12CCC[C@H]1[C@@H]1[C@H](CCCCCCCOS(C)(=O)=O)Cc3ccccc3[C@H]1CC2. The molecule has 2 fully saturated rings. The van der Waals surface area contributed by atoms with Crippen LogP contribution >= 0.6 is 0 Å². The Morgan fingerprint density at radius 2 is 1.80 bits per heavy atom. The second-order valence-corrected chi connectivity index (χ2v) is 12.3. The molecule has 0 aliphatic heterocycles. The molecule has 2 saturated carbocycles. The van der Waals surface area contributed by atoms with Crippen LogP contribution in [0.4, 0.5) is 0 Å². The van der Waals surface area contributed by atoms with E-state index in [0.717, 1.165) is 42.8 Å². The Labute approximate surface area is 184 Å². The van der Waals surface area contributed by atoms with Crippen LogP contribution in [0.2, 0.25) is 0 Å². The molecular formula is C26H40O3S. The highest BCUT2D eigenvalue weighted by Gasteiger charge is 2.52. The van der Waals surface area contributed by atoms with Gasteiger partial charge in [-0.2, -0.15) is 8.42 Å². The molecule has 0 saturated heterocycles. The zero-order chi connectivity index (χ0) is 21.2. The quantitative estimate of drug-likeness (QED) is 0.331. The topological polar surface area (TPSA) is 43.4 Å². The molecule has 0 unspecified atom stereocenters. The fourth-order valence-electron chi connectivity index (χ4n) is 7.25. The van der Waals surface area contributed by atoms with Crippen LogP contribution in [0.15, 0.2) is 24.3 Å². The van der Waals surface area contributed by atoms with Gasteiger partial charge in [-0.25, -0.2) is 0 Å². The van der Waals surface area contributed by atoms with Gasteiger partial charge in [0.1, 0.15) is 0 Å². The van der Waals surface area contributed by atoms with Gasteiger partial charge in [-0.15, -0.1) is 0 Å². The number of unbranched alkanes of at least 4 members (excludes halogenated alkanes) is 4. The lowest BCUT2D eigenvalue weighted by molar-refractivity contribution is 0.0225. The molecule has 1 aromatic carbocycles. The van der Waals surface area contributed by atoms with Gasteiger partial charge in [-0.1, -0.05) is 63.3 Å². The van der Waals surface area contributed by atoms with Crippen LogP contribution < -0.4 is 0 Å². The molecule has 0 N–H and O–H groups in total. The summed E-state index contributed by atoms with van der Waals surface area (Å²) >= 11 is 0. The largest absolute Gasteiger partial charge is 0.270 e. The third-order valence-corrected chi connectivity index (χ3v) is 9.21. The average molecular weight is 433 g/mol. The molecule has 4 rings (SSSR count). The van der Waals surface area contributed by atoms with E-state index in [0.29, 0.717) is 12.0 Å². The van der Waals surface area contributed by atoms with E-state index >= 15 is 0 Å². The minimum absolute atomic E-state index is 0.336. The van der Waals surface area contributed by atoms with Crippen LogP contribution in [-0.2, 0) is 20.7 Å². The predicted molar refractivity (Wildman–Crippen MR) is 123 cm³/mol. The van der Waals surface area contributed by atoms with E-state index in [9.17, 15) is 8.42 Å². The molecule has 30 heavy (non-hydrogen) atoms. The maximum Gasteiger partial charge on any atom is 0.264 e. The van der Waals surface area contributed by atoms with Crippen LogP contribution in [0.25, 0.3) is 0 Å². The maximum atomic E-state index is 11.0. The molecule has 0 radical (unpaired) electrons. The standard InChI is InChI=1S/C26H40O3S/c1-26-16-10-14-24(26)25-21(12-6-4-3-5-9-18-29-30(2,27)28)19-20-11-7-8-13-22(20)23(25)15-17-26/h7-8,11,13,21,23-25H,3-6,9-10,12,14-19H2,1-2H3/t21-,23-,24+,25-,26+/m1/s1. The third kappa shape index (κ3) is 4.96. The van der Waals surface area contributed by atoms with Crippen molar-refractivity contribution in [2.75, 3.05) is 12.9 Å². The number of hydrogen-bond acceptors (Lipinski definition) is 3. The van der Waals surface area contributed by atoms with Crippen molar-refractivity contribution in [2.45, 2.75) is 89.9 Å². The van der Waals surface area contributed by atoms with Crippen LogP contribution in [0, 0.1) is 23.2 Å². The summed E-state index contributed by atoms with van der Waals surface area (Å²) in [5, 5.41) is 0. The van der Waals surface area contributed by atoms with Crippen molar-refractivity contribution in [2.24, 2.45) is 23.2 Å². The monoisotopic (exact) mass is 432 g/mol. The molecule has 3 nitrogen and oxygen atoms in total. The number of benzene rings is 1. The zero-order valence-corrected chi connectivity index (χ0v) is 19.8. The van der Waals surface area contributed by atoms with Crippen molar-refractivity contribution in [1.29, 1.82) is 0 Å². The van der Waals surface area contributed by atoms with E-state index in [1.165, 1.54) is 64.2 Å². The molecule has 3 aliphatic carbocycles. The van der Waals surface area contributed by atoms with Crippen LogP contribution in [0.3, 0.4) is 0 Å². The second-order valence-electron chi connectivity index (χ2n) is 10.6. The molecule has 5 atom stereocenters. The first kappa shape index (κ1) is 22.3. The average Bonchev–Trinajstić information content (AvgIpc) is 3.10. The van der Waals surface area contributed by atoms with E-state index in [4.69, 9.17) is 4.18 Å². The maximum absolute atomic E-state index is 11.0. The minimum Gasteiger partial charge on any atom is -0.270 e. The molecule has 168 valence electrons. The van der Waals surface area contributed by atoms with Crippen molar-refractivity contribution < 1.29 is 12.6 Å². The van der Waals surface area contributed by atoms with Gasteiger partial charge in [-0.05, 0) is 85.2 Å². The molecule has 0 heterocycles. The summed E-state index contributed by atoms with van der Waals surface area (Å²) in [7, 11) is -3.28. The summed E-state index contributed by atoms with van der Waals surface area (Å²) in [6.45, 7) is 2.93. The van der Waals surface area contributed by atoms with E-state index in [-0.39, 0.29) is 0 Å². The Balaban J connectivity index is 1.33. The lowest BCUT2D eigenvalue weighted by Crippen LogP contribution is -2.44. The van der Waals surface area contributed by atoms with E-state index < -0.39 is 10.1 Å². The van der Waals surface area contributed by atoms with E-state index in [1.54, 1.807) is 11.1 Å². The number of rotatable bonds is 9. The van der Waals surface area contributed by atoms with Gasteiger partial charge in [0.15, 0.2) is 0 Å². The third-order valence-electron chi connectivity index (χ3n) is 8.61. The molecule has 0 spiro atoms. The Kier molecular flexibility index (Phi) is 6.94. The Morgan fingerprint density at radius 1 is 1.03 bits per heavy atom. The lowest BCUT2D eigenvalue weighted by atomic mass is 9.52. The fraction of sp³-hybridized carbons (Fsp3) is 0.769. The highest BCUT2D eigenvalue weighted by atomic mass is 32.2. The molecule has 0 amide bonds. The van der Waals surface area contributed by atoms with Gasteiger partial charge in [0.2, 0.25) is 0 Å². The van der Waals surface area contributed by atoms with Gasteiger partial charge < -0.3 is 0 Å². The number of fused-ring (bicyclic) bond motifs is 5. The van der Waals surface area contributed by atoms with Crippen molar-refractivity contribution in [3.63, 3.8) is 0 Å². The molecule has 3 aliphatic rings. The Bertz CT molecular complexity index is 817. The highest BCUT2D eigenvalue weighted by Crippen LogP contribution is 2.62. The summed E-state index contributed by atoms with van der Waals surface area (Å²) < 4.78 is 26.9. The number of hydrogen-bond donors (Lipinski definition) is 0. The molecule has 1 aromatic rings. The highest BCUT2D eigenvalue weighted by molar-refractivity contribution is 7.85. The van der Waals surface area contributed by atoms with Crippen LogP contribution in [0.5, 0.6) is 0 Å². The summed E-state index contributed by atoms with van der Waals surface area (Å²) in [5.41, 5.74) is 3.91. The Morgan fingerprint density at radius 3 is 2.63 bits per heavy atom. The zero-order valence-electron chi connectivity index (χ0n) is 18.9. The van der Waals surface area contributed by atoms with Crippen LogP contribution in [-0.4, -0.2) is 21.3 Å². The van der Waals surface area contributed by atoms with Crippen molar-refractivity contribution in [1.82, 2.24) is 0 Å². The van der Waals surface area contributed by atoms with E-state index in [2.05, 4.69) is 31.2 Å². The summed E-state index contributed by atoms with van der Waals surface area (Å²) in [5.74, 6) is 3.47. The van der Waals surface area contributed by atoms with Crippen molar-refractivity contribution >= 4 is 10.1 Å². The van der Waals surface area contributed by atoms with E-state index in [1.807, 2.05) is 0 Å². The first-order valence-corrected chi connectivity index (χ1v) is 14.1. The first-order chi connectivity index (χ1) is 14.4. The van der Waals surface area contributed by atoms with Gasteiger partial charge in [0.25, 0.3) is 10.1 Å². The fourth-order valence-corrected chi connectivity index (χ4v) is 7.67. The van der Waals surface area contributed by atoms with Crippen LogP contribution in [0.1, 0.15) is 94.6 Å². The minimum atomic E-state index is -3.28. The molecule has 0 aromatic heterocycles. The first-order valence-electron chi connectivity index (χ1n) is 12.3. The van der Waals surface area contributed by atoms with Gasteiger partial charge in [0.05, 0.1) is 12.9 Å². The van der Waals surface area contributed by atoms with Gasteiger partial charge in [0, 0.05) is 0 Å². The smallest absolute Gasteiger partial charge is 0.264 e. The summed E-state index contributed by atoms with van der Waals surface area (Å²) in [6, 6.07) is 9.31. The molecule has 0 bridgehead atoms. The second kappa shape index (κ2) is 9.32. The molecular weight excluding hydrogens is 392 g/mol. The summed E-state index contributed by atoms with van der Waals surface area (Å²) in [6.07, 6.45) is 16.6. The molecule has 4 heteroatoms. The van der Waals surface area contributed by atoms with Crippen molar-refractivity contribution in [3.8, 4) is 0 Å². The van der Waals surface area contributed by atoms with Crippen molar-refractivity contribution in [3.05, 3.63) is 35.4 Å². The summed E-state index contributed by atoms with van der Waals surface area (Å²) in [4.78, 5) is 0. The predicted octanol–water partition coefficient (Wildman–Crippen LogP) is 6.48. The Hall–Kier alpha value is -0.870. The lowest BCUT2D eigenvalue weighted by Gasteiger charge is -2.52.